The fraction of sp³-hybridized carbons (Fsp3) is 0.316. The summed E-state index contributed by atoms with van der Waals surface area (Å²) >= 11 is 0. The Morgan fingerprint density at radius 2 is 1.74 bits per heavy atom. The van der Waals surface area contributed by atoms with E-state index in [9.17, 15) is 4.79 Å². The van der Waals surface area contributed by atoms with Crippen molar-refractivity contribution in [2.24, 2.45) is 5.73 Å². The summed E-state index contributed by atoms with van der Waals surface area (Å²) in [5.74, 6) is 0.0963. The van der Waals surface area contributed by atoms with E-state index < -0.39 is 5.91 Å². The van der Waals surface area contributed by atoms with Crippen LogP contribution < -0.4 is 10.5 Å². The van der Waals surface area contributed by atoms with Gasteiger partial charge in [0.1, 0.15) is 12.4 Å². The van der Waals surface area contributed by atoms with Crippen LogP contribution in [0.25, 0.3) is 11.1 Å². The first-order valence-electron chi connectivity index (χ1n) is 8.00. The van der Waals surface area contributed by atoms with Gasteiger partial charge in [-0.2, -0.15) is 0 Å². The van der Waals surface area contributed by atoms with Gasteiger partial charge >= 0.3 is 0 Å². The molecule has 0 aliphatic heterocycles. The molecule has 0 saturated carbocycles. The van der Waals surface area contributed by atoms with E-state index in [2.05, 4.69) is 18.7 Å². The van der Waals surface area contributed by atoms with Crippen LogP contribution in [0, 0.1) is 0 Å². The molecule has 2 aromatic rings. The van der Waals surface area contributed by atoms with Gasteiger partial charge < -0.3 is 15.4 Å². The number of nitrogens with zero attached hydrogens (tertiary/aromatic N) is 1. The van der Waals surface area contributed by atoms with Crippen LogP contribution in [0.5, 0.6) is 5.75 Å². The number of amides is 1. The Morgan fingerprint density at radius 3 is 2.35 bits per heavy atom. The Balaban J connectivity index is 2.29. The number of hydrogen-bond donors (Lipinski definition) is 1. The van der Waals surface area contributed by atoms with Crippen LogP contribution in [0.3, 0.4) is 0 Å². The SMILES string of the molecule is CCN(CC)CCOc1c(C(N)=O)cccc1-c1ccccc1. The third kappa shape index (κ3) is 4.33. The van der Waals surface area contributed by atoms with Crippen LogP contribution in [0.1, 0.15) is 24.2 Å². The number of nitrogens with two attached hydrogens (primary N) is 1. The van der Waals surface area contributed by atoms with E-state index >= 15 is 0 Å². The van der Waals surface area contributed by atoms with Gasteiger partial charge in [0.15, 0.2) is 0 Å². The van der Waals surface area contributed by atoms with Crippen molar-refractivity contribution in [3.63, 3.8) is 0 Å². The summed E-state index contributed by atoms with van der Waals surface area (Å²) in [6.07, 6.45) is 0. The zero-order valence-corrected chi connectivity index (χ0v) is 13.8. The Morgan fingerprint density at radius 1 is 1.04 bits per heavy atom. The highest BCUT2D eigenvalue weighted by atomic mass is 16.5. The zero-order valence-electron chi connectivity index (χ0n) is 13.8. The standard InChI is InChI=1S/C19H24N2O2/c1-3-21(4-2)13-14-23-18-16(15-9-6-5-7-10-15)11-8-12-17(18)19(20)22/h5-12H,3-4,13-14H2,1-2H3,(H2,20,22). The number of benzene rings is 2. The molecule has 0 fully saturated rings. The average molecular weight is 312 g/mol. The lowest BCUT2D eigenvalue weighted by Crippen LogP contribution is -2.28. The summed E-state index contributed by atoms with van der Waals surface area (Å²) in [6, 6.07) is 15.4. The highest BCUT2D eigenvalue weighted by Crippen LogP contribution is 2.33. The smallest absolute Gasteiger partial charge is 0.252 e. The van der Waals surface area contributed by atoms with Crippen molar-refractivity contribution in [1.82, 2.24) is 4.90 Å². The Labute approximate surface area is 137 Å². The molecule has 0 unspecified atom stereocenters. The molecule has 0 atom stereocenters. The van der Waals surface area contributed by atoms with Crippen molar-refractivity contribution in [3.05, 3.63) is 54.1 Å². The molecule has 2 aromatic carbocycles. The lowest BCUT2D eigenvalue weighted by molar-refractivity contribution is 0.0995. The Bertz CT molecular complexity index is 637. The maximum absolute atomic E-state index is 11.7. The Kier molecular flexibility index (Phi) is 6.18. The normalized spacial score (nSPS) is 10.7. The summed E-state index contributed by atoms with van der Waals surface area (Å²) in [7, 11) is 0. The van der Waals surface area contributed by atoms with Crippen molar-refractivity contribution in [3.8, 4) is 16.9 Å². The van der Waals surface area contributed by atoms with Crippen molar-refractivity contribution in [2.75, 3.05) is 26.2 Å². The van der Waals surface area contributed by atoms with Gasteiger partial charge in [-0.15, -0.1) is 0 Å². The molecule has 23 heavy (non-hydrogen) atoms. The van der Waals surface area contributed by atoms with Crippen LogP contribution in [0.4, 0.5) is 0 Å². The molecule has 0 bridgehead atoms. The number of ether oxygens (including phenoxy) is 1. The number of primary amides is 1. The highest BCUT2D eigenvalue weighted by molar-refractivity contribution is 5.98. The van der Waals surface area contributed by atoms with E-state index in [-0.39, 0.29) is 0 Å². The van der Waals surface area contributed by atoms with E-state index in [1.54, 1.807) is 6.07 Å². The molecular weight excluding hydrogens is 288 g/mol. The molecule has 0 aliphatic carbocycles. The van der Waals surface area contributed by atoms with E-state index in [4.69, 9.17) is 10.5 Å². The monoisotopic (exact) mass is 312 g/mol. The molecule has 2 N–H and O–H groups in total. The van der Waals surface area contributed by atoms with Gasteiger partial charge in [-0.3, -0.25) is 4.79 Å². The first-order valence-corrected chi connectivity index (χ1v) is 8.00. The number of hydrogen-bond acceptors (Lipinski definition) is 3. The molecule has 0 heterocycles. The molecule has 0 aromatic heterocycles. The van der Waals surface area contributed by atoms with Crippen LogP contribution in [-0.2, 0) is 0 Å². The topological polar surface area (TPSA) is 55.6 Å². The maximum atomic E-state index is 11.7. The molecule has 0 saturated heterocycles. The summed E-state index contributed by atoms with van der Waals surface area (Å²) < 4.78 is 5.98. The number of para-hydroxylation sites is 1. The fourth-order valence-corrected chi connectivity index (χ4v) is 2.55. The van der Waals surface area contributed by atoms with Gasteiger partial charge in [0, 0.05) is 12.1 Å². The van der Waals surface area contributed by atoms with E-state index in [1.165, 1.54) is 0 Å². The largest absolute Gasteiger partial charge is 0.491 e. The maximum Gasteiger partial charge on any atom is 0.252 e. The molecule has 2 rings (SSSR count). The van der Waals surface area contributed by atoms with Gasteiger partial charge in [0.2, 0.25) is 0 Å². The van der Waals surface area contributed by atoms with Gasteiger partial charge in [0.05, 0.1) is 5.56 Å². The summed E-state index contributed by atoms with van der Waals surface area (Å²) in [4.78, 5) is 14.0. The van der Waals surface area contributed by atoms with E-state index in [1.807, 2.05) is 42.5 Å². The molecule has 0 spiro atoms. The molecule has 122 valence electrons. The number of carbonyl (C=O) groups is 1. The van der Waals surface area contributed by atoms with Gasteiger partial charge in [-0.1, -0.05) is 56.3 Å². The predicted molar refractivity (Wildman–Crippen MR) is 93.7 cm³/mol. The van der Waals surface area contributed by atoms with Gasteiger partial charge in [-0.05, 0) is 24.7 Å². The average Bonchev–Trinajstić information content (AvgIpc) is 2.59. The van der Waals surface area contributed by atoms with E-state index in [0.29, 0.717) is 17.9 Å². The molecule has 0 radical (unpaired) electrons. The minimum absolute atomic E-state index is 0.422. The van der Waals surface area contributed by atoms with Crippen molar-refractivity contribution < 1.29 is 9.53 Å². The first-order chi connectivity index (χ1) is 11.2. The summed E-state index contributed by atoms with van der Waals surface area (Å²) in [5.41, 5.74) is 7.84. The van der Waals surface area contributed by atoms with Crippen molar-refractivity contribution in [2.45, 2.75) is 13.8 Å². The third-order valence-corrected chi connectivity index (χ3v) is 3.91. The van der Waals surface area contributed by atoms with Crippen molar-refractivity contribution >= 4 is 5.91 Å². The minimum Gasteiger partial charge on any atom is -0.491 e. The quantitative estimate of drug-likeness (QED) is 0.814. The number of carbonyl (C=O) groups excluding carboxylic acids is 1. The van der Waals surface area contributed by atoms with Crippen molar-refractivity contribution in [1.29, 1.82) is 0 Å². The second-order valence-electron chi connectivity index (χ2n) is 5.29. The van der Waals surface area contributed by atoms with Gasteiger partial charge in [0.25, 0.3) is 5.91 Å². The fourth-order valence-electron chi connectivity index (χ4n) is 2.55. The molecule has 1 amide bonds. The second-order valence-corrected chi connectivity index (χ2v) is 5.29. The van der Waals surface area contributed by atoms with E-state index in [0.717, 1.165) is 30.8 Å². The number of likely N-dealkylation sites (N-methyl/N-ethyl adjacent to an activating group) is 1. The lowest BCUT2D eigenvalue weighted by atomic mass is 10.0. The van der Waals surface area contributed by atoms with Crippen LogP contribution >= 0.6 is 0 Å². The predicted octanol–water partition coefficient (Wildman–Crippen LogP) is 3.17. The van der Waals surface area contributed by atoms with Crippen LogP contribution in [-0.4, -0.2) is 37.0 Å². The molecular formula is C19H24N2O2. The molecule has 4 heteroatoms. The molecule has 4 nitrogen and oxygen atoms in total. The summed E-state index contributed by atoms with van der Waals surface area (Å²) in [6.45, 7) is 7.53. The van der Waals surface area contributed by atoms with Crippen LogP contribution in [0.15, 0.2) is 48.5 Å². The van der Waals surface area contributed by atoms with Crippen LogP contribution in [0.2, 0.25) is 0 Å². The summed E-state index contributed by atoms with van der Waals surface area (Å²) in [5, 5.41) is 0. The Hall–Kier alpha value is -2.33. The third-order valence-electron chi connectivity index (χ3n) is 3.91. The molecule has 0 aliphatic rings. The second kappa shape index (κ2) is 8.34. The van der Waals surface area contributed by atoms with Gasteiger partial charge in [-0.25, -0.2) is 0 Å². The first kappa shape index (κ1) is 17.0. The highest BCUT2D eigenvalue weighted by Gasteiger charge is 2.15. The minimum atomic E-state index is -0.472. The number of rotatable bonds is 8. The lowest BCUT2D eigenvalue weighted by Gasteiger charge is -2.20. The zero-order chi connectivity index (χ0) is 16.7.